The Kier molecular flexibility index (Phi) is 8.78. The second kappa shape index (κ2) is 11.5. The normalized spacial score (nSPS) is 18.8. The second-order valence-electron chi connectivity index (χ2n) is 9.66. The Balaban J connectivity index is 1.56. The highest BCUT2D eigenvalue weighted by Crippen LogP contribution is 2.32. The molecule has 1 amide bonds. The van der Waals surface area contributed by atoms with Crippen LogP contribution in [0.2, 0.25) is 0 Å². The number of benzene rings is 1. The Morgan fingerprint density at radius 3 is 2.64 bits per heavy atom. The van der Waals surface area contributed by atoms with Gasteiger partial charge in [-0.1, -0.05) is 30.7 Å². The standard InChI is InChI=1S/C26H37N3O4/c1-5-6-15-32-25-18(2)23(28-22-10-8-7-9-21(22)25)17-33-20-13-11-19(12-14-20)27-24(30)16-26(3,4)29-31/h7-10,19-20H,5-6,11-17H2,1-4H3,(H,27,30). The molecule has 1 aliphatic carbocycles. The summed E-state index contributed by atoms with van der Waals surface area (Å²) in [5.74, 6) is 0.794. The number of carbonyl (C=O) groups excluding carboxylic acids is 1. The number of carbonyl (C=O) groups is 1. The maximum atomic E-state index is 12.2. The molecule has 1 aromatic carbocycles. The van der Waals surface area contributed by atoms with Gasteiger partial charge in [-0.25, -0.2) is 4.98 Å². The number of ether oxygens (including phenoxy) is 2. The Labute approximate surface area is 196 Å². The smallest absolute Gasteiger partial charge is 0.222 e. The van der Waals surface area contributed by atoms with E-state index in [9.17, 15) is 9.70 Å². The van der Waals surface area contributed by atoms with E-state index >= 15 is 0 Å². The molecule has 0 unspecified atom stereocenters. The van der Waals surface area contributed by atoms with Gasteiger partial charge in [-0.2, -0.15) is 4.91 Å². The van der Waals surface area contributed by atoms with Gasteiger partial charge in [-0.05, 0) is 65.0 Å². The number of nitrogens with one attached hydrogen (secondary N) is 1. The van der Waals surface area contributed by atoms with Crippen LogP contribution >= 0.6 is 0 Å². The van der Waals surface area contributed by atoms with Gasteiger partial charge in [0, 0.05) is 17.0 Å². The van der Waals surface area contributed by atoms with E-state index < -0.39 is 5.54 Å². The first-order valence-corrected chi connectivity index (χ1v) is 12.1. The fraction of sp³-hybridized carbons (Fsp3) is 0.615. The van der Waals surface area contributed by atoms with E-state index in [1.54, 1.807) is 13.8 Å². The van der Waals surface area contributed by atoms with Crippen molar-refractivity contribution in [1.82, 2.24) is 10.3 Å². The van der Waals surface area contributed by atoms with Crippen molar-refractivity contribution in [3.63, 3.8) is 0 Å². The lowest BCUT2D eigenvalue weighted by atomic mass is 9.92. The summed E-state index contributed by atoms with van der Waals surface area (Å²) in [6, 6.07) is 8.20. The van der Waals surface area contributed by atoms with Gasteiger partial charge in [0.2, 0.25) is 5.91 Å². The summed E-state index contributed by atoms with van der Waals surface area (Å²) >= 11 is 0. The number of nitroso groups, excluding NO2 is 1. The quantitative estimate of drug-likeness (QED) is 0.352. The minimum absolute atomic E-state index is 0.114. The van der Waals surface area contributed by atoms with Gasteiger partial charge >= 0.3 is 0 Å². The van der Waals surface area contributed by atoms with Crippen molar-refractivity contribution < 1.29 is 14.3 Å². The van der Waals surface area contributed by atoms with E-state index in [0.29, 0.717) is 13.2 Å². The molecule has 7 nitrogen and oxygen atoms in total. The van der Waals surface area contributed by atoms with Crippen LogP contribution in [0.4, 0.5) is 0 Å². The van der Waals surface area contributed by atoms with Gasteiger partial charge in [0.1, 0.15) is 11.3 Å². The zero-order chi connectivity index (χ0) is 23.8. The molecular formula is C26H37N3O4. The first-order valence-electron chi connectivity index (χ1n) is 12.1. The van der Waals surface area contributed by atoms with E-state index in [-0.39, 0.29) is 24.5 Å². The molecule has 1 N–H and O–H groups in total. The lowest BCUT2D eigenvalue weighted by Gasteiger charge is -2.30. The van der Waals surface area contributed by atoms with Gasteiger partial charge in [0.05, 0.1) is 36.9 Å². The molecule has 0 radical (unpaired) electrons. The third-order valence-electron chi connectivity index (χ3n) is 6.26. The molecule has 1 aliphatic rings. The van der Waals surface area contributed by atoms with Crippen LogP contribution in [0.15, 0.2) is 29.4 Å². The second-order valence-corrected chi connectivity index (χ2v) is 9.66. The maximum absolute atomic E-state index is 12.2. The number of hydrogen-bond acceptors (Lipinski definition) is 6. The number of nitrogens with zero attached hydrogens (tertiary/aromatic N) is 2. The average molecular weight is 456 g/mol. The molecule has 33 heavy (non-hydrogen) atoms. The molecule has 0 bridgehead atoms. The van der Waals surface area contributed by atoms with Crippen molar-refractivity contribution in [2.45, 2.75) is 96.9 Å². The predicted octanol–water partition coefficient (Wildman–Crippen LogP) is 5.60. The minimum Gasteiger partial charge on any atom is -0.493 e. The molecule has 1 fully saturated rings. The van der Waals surface area contributed by atoms with Crippen LogP contribution in [-0.4, -0.2) is 35.2 Å². The van der Waals surface area contributed by atoms with E-state index in [1.807, 2.05) is 18.2 Å². The minimum atomic E-state index is -0.867. The van der Waals surface area contributed by atoms with Gasteiger partial charge in [-0.3, -0.25) is 4.79 Å². The molecular weight excluding hydrogens is 418 g/mol. The van der Waals surface area contributed by atoms with E-state index in [2.05, 4.69) is 30.4 Å². The summed E-state index contributed by atoms with van der Waals surface area (Å²) in [5, 5.41) is 7.11. The van der Waals surface area contributed by atoms with Crippen molar-refractivity contribution in [2.24, 2.45) is 5.18 Å². The largest absolute Gasteiger partial charge is 0.493 e. The van der Waals surface area contributed by atoms with E-state index in [1.165, 1.54) is 0 Å². The summed E-state index contributed by atoms with van der Waals surface area (Å²) in [5.41, 5.74) is 2.01. The number of para-hydroxylation sites is 1. The van der Waals surface area contributed by atoms with Gasteiger partial charge in [0.25, 0.3) is 0 Å². The summed E-state index contributed by atoms with van der Waals surface area (Å²) in [6.07, 6.45) is 5.85. The van der Waals surface area contributed by atoms with Crippen molar-refractivity contribution in [2.75, 3.05) is 6.61 Å². The molecule has 0 spiro atoms. The molecule has 1 aromatic heterocycles. The summed E-state index contributed by atoms with van der Waals surface area (Å²) in [4.78, 5) is 27.8. The summed E-state index contributed by atoms with van der Waals surface area (Å²) < 4.78 is 12.4. The highest BCUT2D eigenvalue weighted by molar-refractivity contribution is 5.86. The van der Waals surface area contributed by atoms with Crippen LogP contribution in [0.1, 0.15) is 77.0 Å². The van der Waals surface area contributed by atoms with Crippen molar-refractivity contribution >= 4 is 16.8 Å². The molecule has 3 rings (SSSR count). The summed E-state index contributed by atoms with van der Waals surface area (Å²) in [6.45, 7) is 8.70. The van der Waals surface area contributed by atoms with Crippen LogP contribution in [0.3, 0.4) is 0 Å². The third-order valence-corrected chi connectivity index (χ3v) is 6.26. The molecule has 1 heterocycles. The summed E-state index contributed by atoms with van der Waals surface area (Å²) in [7, 11) is 0. The van der Waals surface area contributed by atoms with Crippen LogP contribution in [0, 0.1) is 11.8 Å². The van der Waals surface area contributed by atoms with Gasteiger partial charge in [-0.15, -0.1) is 0 Å². The molecule has 180 valence electrons. The van der Waals surface area contributed by atoms with Gasteiger partial charge < -0.3 is 14.8 Å². The third kappa shape index (κ3) is 6.97. The SMILES string of the molecule is CCCCOc1c(C)c(COC2CCC(NC(=O)CC(C)(C)N=O)CC2)nc2ccccc12. The number of aromatic nitrogens is 1. The zero-order valence-corrected chi connectivity index (χ0v) is 20.4. The Bertz CT molecular complexity index is 952. The first kappa shape index (κ1) is 25.1. The average Bonchev–Trinajstić information content (AvgIpc) is 2.80. The zero-order valence-electron chi connectivity index (χ0n) is 20.4. The van der Waals surface area contributed by atoms with Crippen molar-refractivity contribution in [3.8, 4) is 5.75 Å². The Morgan fingerprint density at radius 2 is 1.94 bits per heavy atom. The van der Waals surface area contributed by atoms with Crippen LogP contribution in [0.25, 0.3) is 10.9 Å². The lowest BCUT2D eigenvalue weighted by Crippen LogP contribution is -2.41. The predicted molar refractivity (Wildman–Crippen MR) is 130 cm³/mol. The van der Waals surface area contributed by atoms with Crippen molar-refractivity contribution in [1.29, 1.82) is 0 Å². The fourth-order valence-corrected chi connectivity index (χ4v) is 4.25. The Morgan fingerprint density at radius 1 is 1.21 bits per heavy atom. The van der Waals surface area contributed by atoms with Crippen LogP contribution in [0.5, 0.6) is 5.75 Å². The number of rotatable bonds is 11. The first-order chi connectivity index (χ1) is 15.8. The van der Waals surface area contributed by atoms with Crippen molar-refractivity contribution in [3.05, 3.63) is 40.4 Å². The maximum Gasteiger partial charge on any atom is 0.222 e. The number of hydrogen-bond donors (Lipinski definition) is 1. The highest BCUT2D eigenvalue weighted by atomic mass is 16.5. The van der Waals surface area contributed by atoms with Crippen LogP contribution < -0.4 is 10.1 Å². The molecule has 0 atom stereocenters. The lowest BCUT2D eigenvalue weighted by molar-refractivity contribution is -0.123. The highest BCUT2D eigenvalue weighted by Gasteiger charge is 2.27. The monoisotopic (exact) mass is 455 g/mol. The molecule has 0 saturated heterocycles. The molecule has 7 heteroatoms. The number of pyridine rings is 1. The number of fused-ring (bicyclic) bond motifs is 1. The number of amides is 1. The number of unbranched alkanes of at least 4 members (excludes halogenated alkanes) is 1. The van der Waals surface area contributed by atoms with Gasteiger partial charge in [0.15, 0.2) is 0 Å². The topological polar surface area (TPSA) is 89.9 Å². The molecule has 1 saturated carbocycles. The van der Waals surface area contributed by atoms with E-state index in [4.69, 9.17) is 14.5 Å². The molecule has 2 aromatic rings. The Hall–Kier alpha value is -2.54. The fourth-order valence-electron chi connectivity index (χ4n) is 4.25. The van der Waals surface area contributed by atoms with E-state index in [0.717, 1.165) is 66.4 Å². The van der Waals surface area contributed by atoms with Crippen LogP contribution in [-0.2, 0) is 16.1 Å². The molecule has 0 aliphatic heterocycles.